The highest BCUT2D eigenvalue weighted by Crippen LogP contribution is 2.26. The molecule has 1 unspecified atom stereocenters. The van der Waals surface area contributed by atoms with Crippen molar-refractivity contribution in [1.29, 1.82) is 0 Å². The van der Waals surface area contributed by atoms with Gasteiger partial charge < -0.3 is 9.15 Å². The topological polar surface area (TPSA) is 51.4 Å². The summed E-state index contributed by atoms with van der Waals surface area (Å²) in [4.78, 5) is 2.14. The molecule has 0 aliphatic carbocycles. The first kappa shape index (κ1) is 17.5. The van der Waals surface area contributed by atoms with Crippen LogP contribution >= 0.6 is 11.6 Å². The van der Waals surface area contributed by atoms with Gasteiger partial charge in [-0.05, 0) is 49.9 Å². The molecule has 0 N–H and O–H groups in total. The highest BCUT2D eigenvalue weighted by molar-refractivity contribution is 6.30. The van der Waals surface area contributed by atoms with Gasteiger partial charge in [-0.15, -0.1) is 10.2 Å². The standard InChI is InChI=1S/C19H20ClN3O2/c1-13(23(2)12-14-6-4-9-17(10-14)24-3)18-21-22-19(25-18)15-7-5-8-16(20)11-15/h4-11,13H,12H2,1-3H3. The first-order valence-electron chi connectivity index (χ1n) is 7.99. The van der Waals surface area contributed by atoms with Crippen LogP contribution in [0.4, 0.5) is 0 Å². The summed E-state index contributed by atoms with van der Waals surface area (Å²) >= 11 is 6.02. The largest absolute Gasteiger partial charge is 0.497 e. The van der Waals surface area contributed by atoms with Crippen LogP contribution < -0.4 is 4.74 Å². The number of hydrogen-bond acceptors (Lipinski definition) is 5. The summed E-state index contributed by atoms with van der Waals surface area (Å²) < 4.78 is 11.1. The van der Waals surface area contributed by atoms with Gasteiger partial charge in [0.05, 0.1) is 13.2 Å². The smallest absolute Gasteiger partial charge is 0.247 e. The molecule has 1 atom stereocenters. The lowest BCUT2D eigenvalue weighted by molar-refractivity contribution is 0.218. The molecule has 25 heavy (non-hydrogen) atoms. The molecular weight excluding hydrogens is 338 g/mol. The van der Waals surface area contributed by atoms with Crippen LogP contribution in [0.15, 0.2) is 52.9 Å². The van der Waals surface area contributed by atoms with Crippen molar-refractivity contribution < 1.29 is 9.15 Å². The summed E-state index contributed by atoms with van der Waals surface area (Å²) in [7, 11) is 3.69. The predicted molar refractivity (Wildman–Crippen MR) is 97.6 cm³/mol. The predicted octanol–water partition coefficient (Wildman–Crippen LogP) is 4.59. The van der Waals surface area contributed by atoms with Gasteiger partial charge >= 0.3 is 0 Å². The number of aromatic nitrogens is 2. The zero-order valence-electron chi connectivity index (χ0n) is 14.4. The molecule has 1 heterocycles. The average molecular weight is 358 g/mol. The zero-order valence-corrected chi connectivity index (χ0v) is 15.2. The van der Waals surface area contributed by atoms with Gasteiger partial charge in [-0.1, -0.05) is 29.8 Å². The van der Waals surface area contributed by atoms with Gasteiger partial charge in [0.15, 0.2) is 0 Å². The molecule has 5 nitrogen and oxygen atoms in total. The van der Waals surface area contributed by atoms with Crippen LogP contribution in [0.25, 0.3) is 11.5 Å². The number of halogens is 1. The van der Waals surface area contributed by atoms with E-state index in [-0.39, 0.29) is 6.04 Å². The molecule has 3 rings (SSSR count). The van der Waals surface area contributed by atoms with Crippen molar-refractivity contribution in [3.8, 4) is 17.2 Å². The van der Waals surface area contributed by atoms with E-state index in [2.05, 4.69) is 21.2 Å². The minimum Gasteiger partial charge on any atom is -0.497 e. The second-order valence-electron chi connectivity index (χ2n) is 5.90. The lowest BCUT2D eigenvalue weighted by Crippen LogP contribution is -2.22. The number of benzene rings is 2. The van der Waals surface area contributed by atoms with Gasteiger partial charge in [-0.25, -0.2) is 0 Å². The first-order valence-corrected chi connectivity index (χ1v) is 8.37. The summed E-state index contributed by atoms with van der Waals surface area (Å²) in [6.07, 6.45) is 0. The molecule has 0 saturated heterocycles. The highest BCUT2D eigenvalue weighted by atomic mass is 35.5. The molecule has 0 amide bonds. The molecular formula is C19H20ClN3O2. The molecule has 1 aromatic heterocycles. The van der Waals surface area contributed by atoms with Crippen molar-refractivity contribution in [3.05, 3.63) is 65.0 Å². The van der Waals surface area contributed by atoms with Gasteiger partial charge in [0, 0.05) is 17.1 Å². The van der Waals surface area contributed by atoms with Crippen LogP contribution in [0.2, 0.25) is 5.02 Å². The Morgan fingerprint density at radius 1 is 1.16 bits per heavy atom. The van der Waals surface area contributed by atoms with E-state index in [0.29, 0.717) is 16.8 Å². The van der Waals surface area contributed by atoms with Crippen molar-refractivity contribution in [3.63, 3.8) is 0 Å². The van der Waals surface area contributed by atoms with E-state index in [4.69, 9.17) is 20.8 Å². The Hall–Kier alpha value is -2.37. The van der Waals surface area contributed by atoms with E-state index >= 15 is 0 Å². The van der Waals surface area contributed by atoms with Crippen LogP contribution in [-0.2, 0) is 6.54 Å². The van der Waals surface area contributed by atoms with Gasteiger partial charge in [-0.3, -0.25) is 4.90 Å². The quantitative estimate of drug-likeness (QED) is 0.645. The third-order valence-electron chi connectivity index (χ3n) is 4.10. The second kappa shape index (κ2) is 7.68. The van der Waals surface area contributed by atoms with Crippen molar-refractivity contribution in [2.24, 2.45) is 0 Å². The van der Waals surface area contributed by atoms with Gasteiger partial charge in [0.1, 0.15) is 5.75 Å². The maximum Gasteiger partial charge on any atom is 0.247 e. The number of methoxy groups -OCH3 is 1. The monoisotopic (exact) mass is 357 g/mol. The van der Waals surface area contributed by atoms with Gasteiger partial charge in [-0.2, -0.15) is 0 Å². The summed E-state index contributed by atoms with van der Waals surface area (Å²) in [5.74, 6) is 1.89. The Kier molecular flexibility index (Phi) is 5.36. The van der Waals surface area contributed by atoms with Crippen molar-refractivity contribution in [1.82, 2.24) is 15.1 Å². The molecule has 0 saturated carbocycles. The number of ether oxygens (including phenoxy) is 1. The molecule has 0 aliphatic heterocycles. The Balaban J connectivity index is 1.73. The maximum atomic E-state index is 6.02. The van der Waals surface area contributed by atoms with Crippen LogP contribution in [0.3, 0.4) is 0 Å². The fraction of sp³-hybridized carbons (Fsp3) is 0.263. The maximum absolute atomic E-state index is 6.02. The summed E-state index contributed by atoms with van der Waals surface area (Å²) in [5.41, 5.74) is 1.97. The summed E-state index contributed by atoms with van der Waals surface area (Å²) in [6, 6.07) is 15.4. The second-order valence-corrected chi connectivity index (χ2v) is 6.33. The third-order valence-corrected chi connectivity index (χ3v) is 4.33. The van der Waals surface area contributed by atoms with E-state index < -0.39 is 0 Å². The van der Waals surface area contributed by atoms with E-state index in [1.54, 1.807) is 7.11 Å². The molecule has 0 bridgehead atoms. The minimum absolute atomic E-state index is 0.0216. The summed E-state index contributed by atoms with van der Waals surface area (Å²) in [6.45, 7) is 2.78. The van der Waals surface area contributed by atoms with E-state index in [1.165, 1.54) is 0 Å². The average Bonchev–Trinajstić information content (AvgIpc) is 3.11. The van der Waals surface area contributed by atoms with E-state index in [9.17, 15) is 0 Å². The number of rotatable bonds is 6. The van der Waals surface area contributed by atoms with Crippen LogP contribution in [-0.4, -0.2) is 29.3 Å². The molecule has 2 aromatic carbocycles. The lowest BCUT2D eigenvalue weighted by atomic mass is 10.2. The molecule has 130 valence electrons. The normalized spacial score (nSPS) is 12.4. The lowest BCUT2D eigenvalue weighted by Gasteiger charge is -2.21. The summed E-state index contributed by atoms with van der Waals surface area (Å²) in [5, 5.41) is 8.98. The number of nitrogens with zero attached hydrogens (tertiary/aromatic N) is 3. The molecule has 0 fully saturated rings. The van der Waals surface area contributed by atoms with Crippen LogP contribution in [0, 0.1) is 0 Å². The molecule has 3 aromatic rings. The molecule has 0 aliphatic rings. The molecule has 0 spiro atoms. The van der Waals surface area contributed by atoms with Crippen LogP contribution in [0.5, 0.6) is 5.75 Å². The molecule has 6 heteroatoms. The van der Waals surface area contributed by atoms with Crippen LogP contribution in [0.1, 0.15) is 24.4 Å². The first-order chi connectivity index (χ1) is 12.1. The zero-order chi connectivity index (χ0) is 17.8. The SMILES string of the molecule is COc1cccc(CN(C)C(C)c2nnc(-c3cccc(Cl)c3)o2)c1. The van der Waals surface area contributed by atoms with Gasteiger partial charge in [0.25, 0.3) is 0 Å². The third kappa shape index (κ3) is 4.18. The Morgan fingerprint density at radius 2 is 1.96 bits per heavy atom. The Morgan fingerprint density at radius 3 is 2.72 bits per heavy atom. The Labute approximate surface area is 152 Å². The van der Waals surface area contributed by atoms with E-state index in [0.717, 1.165) is 23.4 Å². The Bertz CT molecular complexity index is 850. The van der Waals surface area contributed by atoms with Gasteiger partial charge in [0.2, 0.25) is 11.8 Å². The van der Waals surface area contributed by atoms with Crippen molar-refractivity contribution >= 4 is 11.6 Å². The van der Waals surface area contributed by atoms with Crippen molar-refractivity contribution in [2.75, 3.05) is 14.2 Å². The van der Waals surface area contributed by atoms with E-state index in [1.807, 2.05) is 56.4 Å². The fourth-order valence-electron chi connectivity index (χ4n) is 2.53. The highest BCUT2D eigenvalue weighted by Gasteiger charge is 2.19. The van der Waals surface area contributed by atoms with Crippen molar-refractivity contribution in [2.45, 2.75) is 19.5 Å². The molecule has 0 radical (unpaired) electrons. The fourth-order valence-corrected chi connectivity index (χ4v) is 2.72. The minimum atomic E-state index is -0.0216. The number of hydrogen-bond donors (Lipinski definition) is 0.